The Morgan fingerprint density at radius 2 is 1.52 bits per heavy atom. The molecule has 5 rings (SSSR count). The summed E-state index contributed by atoms with van der Waals surface area (Å²) in [6, 6.07) is 22.6. The van der Waals surface area contributed by atoms with Crippen molar-refractivity contribution in [2.24, 2.45) is 0 Å². The molecule has 1 N–H and O–H groups in total. The number of nitrogens with zero attached hydrogens (tertiary/aromatic N) is 3. The van der Waals surface area contributed by atoms with Crippen molar-refractivity contribution in [2.45, 2.75) is 0 Å². The molecule has 0 bridgehead atoms. The van der Waals surface area contributed by atoms with Crippen molar-refractivity contribution in [3.63, 3.8) is 0 Å². The lowest BCUT2D eigenvalue weighted by molar-refractivity contribution is 0.960. The standard InChI is InChI=1S/C19H12N4/c1-2-8-13-12(6-1)7-5-10-14(13)17-19-18(21-23-22-19)15-9-3-4-11-16(15)20-17/h1-11H,(H,21,22,23). The first-order valence-corrected chi connectivity index (χ1v) is 7.49. The highest BCUT2D eigenvalue weighted by molar-refractivity contribution is 6.10. The van der Waals surface area contributed by atoms with Gasteiger partial charge in [0.05, 0.1) is 11.0 Å². The van der Waals surface area contributed by atoms with Crippen LogP contribution in [0.2, 0.25) is 0 Å². The molecule has 23 heavy (non-hydrogen) atoms. The number of nitrogens with one attached hydrogen (secondary N) is 1. The number of hydrogen-bond donors (Lipinski definition) is 1. The second kappa shape index (κ2) is 4.61. The first-order valence-electron chi connectivity index (χ1n) is 7.49. The lowest BCUT2D eigenvalue weighted by atomic mass is 10.00. The first kappa shape index (κ1) is 12.3. The van der Waals surface area contributed by atoms with Crippen molar-refractivity contribution in [2.75, 3.05) is 0 Å². The fraction of sp³-hybridized carbons (Fsp3) is 0. The van der Waals surface area contributed by atoms with Gasteiger partial charge < -0.3 is 0 Å². The van der Waals surface area contributed by atoms with Gasteiger partial charge >= 0.3 is 0 Å². The Bertz CT molecular complexity index is 1170. The zero-order chi connectivity index (χ0) is 15.2. The van der Waals surface area contributed by atoms with E-state index in [-0.39, 0.29) is 0 Å². The second-order valence-electron chi connectivity index (χ2n) is 5.54. The average Bonchev–Trinajstić information content (AvgIpc) is 3.11. The topological polar surface area (TPSA) is 54.5 Å². The molecule has 4 nitrogen and oxygen atoms in total. The van der Waals surface area contributed by atoms with E-state index in [0.29, 0.717) is 0 Å². The maximum Gasteiger partial charge on any atom is 0.139 e. The van der Waals surface area contributed by atoms with Crippen LogP contribution in [0.1, 0.15) is 0 Å². The quantitative estimate of drug-likeness (QED) is 0.501. The van der Waals surface area contributed by atoms with E-state index in [1.54, 1.807) is 0 Å². The Labute approximate surface area is 131 Å². The third-order valence-electron chi connectivity index (χ3n) is 4.22. The van der Waals surface area contributed by atoms with Gasteiger partial charge in [0, 0.05) is 10.9 Å². The number of H-pyrrole nitrogens is 1. The van der Waals surface area contributed by atoms with Crippen molar-refractivity contribution in [1.29, 1.82) is 0 Å². The third-order valence-corrected chi connectivity index (χ3v) is 4.22. The molecule has 5 aromatic rings. The summed E-state index contributed by atoms with van der Waals surface area (Å²) in [5.74, 6) is 0. The van der Waals surface area contributed by atoms with E-state index < -0.39 is 0 Å². The number of para-hydroxylation sites is 1. The Morgan fingerprint density at radius 3 is 2.48 bits per heavy atom. The van der Waals surface area contributed by atoms with Crippen LogP contribution in [0.25, 0.3) is 44.0 Å². The van der Waals surface area contributed by atoms with Gasteiger partial charge in [-0.25, -0.2) is 4.98 Å². The number of aromatic nitrogens is 4. The van der Waals surface area contributed by atoms with Crippen molar-refractivity contribution in [1.82, 2.24) is 20.4 Å². The highest BCUT2D eigenvalue weighted by Gasteiger charge is 2.14. The van der Waals surface area contributed by atoms with Crippen LogP contribution in [-0.2, 0) is 0 Å². The van der Waals surface area contributed by atoms with Gasteiger partial charge in [-0.2, -0.15) is 0 Å². The molecular formula is C19H12N4. The van der Waals surface area contributed by atoms with E-state index in [0.717, 1.165) is 33.2 Å². The Kier molecular flexibility index (Phi) is 2.46. The third kappa shape index (κ3) is 1.75. The Morgan fingerprint density at radius 1 is 0.739 bits per heavy atom. The van der Waals surface area contributed by atoms with Crippen molar-refractivity contribution in [3.8, 4) is 11.3 Å². The van der Waals surface area contributed by atoms with E-state index in [1.807, 2.05) is 36.4 Å². The van der Waals surface area contributed by atoms with E-state index in [4.69, 9.17) is 4.98 Å². The zero-order valence-corrected chi connectivity index (χ0v) is 12.2. The monoisotopic (exact) mass is 296 g/mol. The van der Waals surface area contributed by atoms with Gasteiger partial charge in [-0.05, 0) is 16.8 Å². The molecular weight excluding hydrogens is 284 g/mol. The molecule has 0 aliphatic heterocycles. The molecule has 0 spiro atoms. The molecule has 0 atom stereocenters. The molecule has 0 saturated carbocycles. The van der Waals surface area contributed by atoms with Crippen LogP contribution >= 0.6 is 0 Å². The minimum atomic E-state index is 0.806. The predicted molar refractivity (Wildman–Crippen MR) is 92.1 cm³/mol. The Hall–Kier alpha value is -3.27. The van der Waals surface area contributed by atoms with Gasteiger partial charge in [-0.3, -0.25) is 5.10 Å². The molecule has 0 aliphatic carbocycles. The molecule has 3 aromatic carbocycles. The molecule has 2 aromatic heterocycles. The van der Waals surface area contributed by atoms with Crippen LogP contribution in [0.3, 0.4) is 0 Å². The largest absolute Gasteiger partial charge is 0.257 e. The van der Waals surface area contributed by atoms with Gasteiger partial charge in [0.2, 0.25) is 0 Å². The summed E-state index contributed by atoms with van der Waals surface area (Å²) in [5.41, 5.74) is 4.62. The van der Waals surface area contributed by atoms with Crippen LogP contribution in [0, 0.1) is 0 Å². The van der Waals surface area contributed by atoms with Gasteiger partial charge in [0.1, 0.15) is 11.2 Å². The first-order chi connectivity index (χ1) is 11.4. The molecule has 0 radical (unpaired) electrons. The zero-order valence-electron chi connectivity index (χ0n) is 12.2. The van der Waals surface area contributed by atoms with Crippen LogP contribution in [-0.4, -0.2) is 20.4 Å². The van der Waals surface area contributed by atoms with Gasteiger partial charge in [0.15, 0.2) is 0 Å². The molecule has 2 heterocycles. The summed E-state index contributed by atoms with van der Waals surface area (Å²) in [4.78, 5) is 4.87. The van der Waals surface area contributed by atoms with Crippen molar-refractivity contribution < 1.29 is 0 Å². The minimum Gasteiger partial charge on any atom is -0.257 e. The molecule has 0 fully saturated rings. The van der Waals surface area contributed by atoms with E-state index in [2.05, 4.69) is 45.7 Å². The molecule has 0 saturated heterocycles. The van der Waals surface area contributed by atoms with Crippen LogP contribution in [0.15, 0.2) is 66.7 Å². The molecule has 4 heteroatoms. The number of aromatic amines is 1. The van der Waals surface area contributed by atoms with Crippen molar-refractivity contribution >= 4 is 32.7 Å². The fourth-order valence-corrected chi connectivity index (χ4v) is 3.16. The molecule has 0 aliphatic rings. The van der Waals surface area contributed by atoms with E-state index in [1.165, 1.54) is 10.8 Å². The molecule has 0 unspecified atom stereocenters. The summed E-state index contributed by atoms with van der Waals surface area (Å²) in [7, 11) is 0. The summed E-state index contributed by atoms with van der Waals surface area (Å²) in [6.07, 6.45) is 0. The highest BCUT2D eigenvalue weighted by atomic mass is 15.3. The Balaban J connectivity index is 1.96. The lowest BCUT2D eigenvalue weighted by Gasteiger charge is -2.08. The maximum absolute atomic E-state index is 4.87. The smallest absolute Gasteiger partial charge is 0.139 e. The summed E-state index contributed by atoms with van der Waals surface area (Å²) in [6.45, 7) is 0. The predicted octanol–water partition coefficient (Wildman–Crippen LogP) is 4.33. The number of fused-ring (bicyclic) bond motifs is 4. The highest BCUT2D eigenvalue weighted by Crippen LogP contribution is 2.33. The normalized spacial score (nSPS) is 11.5. The average molecular weight is 296 g/mol. The van der Waals surface area contributed by atoms with Gasteiger partial charge in [-0.15, -0.1) is 5.10 Å². The fourth-order valence-electron chi connectivity index (χ4n) is 3.16. The SMILES string of the molecule is c1ccc2c(-c3nc4ccccc4c4[nH]nnc34)cccc2c1. The van der Waals surface area contributed by atoms with Gasteiger partial charge in [0.25, 0.3) is 0 Å². The maximum atomic E-state index is 4.87. The number of benzene rings is 3. The lowest BCUT2D eigenvalue weighted by Crippen LogP contribution is -1.90. The number of hydrogen-bond acceptors (Lipinski definition) is 3. The second-order valence-corrected chi connectivity index (χ2v) is 5.54. The summed E-state index contributed by atoms with van der Waals surface area (Å²) >= 11 is 0. The molecule has 0 amide bonds. The summed E-state index contributed by atoms with van der Waals surface area (Å²) in [5, 5.41) is 14.7. The number of pyridine rings is 1. The van der Waals surface area contributed by atoms with Crippen LogP contribution < -0.4 is 0 Å². The minimum absolute atomic E-state index is 0.806. The van der Waals surface area contributed by atoms with E-state index >= 15 is 0 Å². The van der Waals surface area contributed by atoms with Crippen LogP contribution in [0.5, 0.6) is 0 Å². The van der Waals surface area contributed by atoms with E-state index in [9.17, 15) is 0 Å². The van der Waals surface area contributed by atoms with Crippen LogP contribution in [0.4, 0.5) is 0 Å². The molecule has 108 valence electrons. The summed E-state index contributed by atoms with van der Waals surface area (Å²) < 4.78 is 0. The van der Waals surface area contributed by atoms with Gasteiger partial charge in [-0.1, -0.05) is 65.9 Å². The number of rotatable bonds is 1. The van der Waals surface area contributed by atoms with Crippen molar-refractivity contribution in [3.05, 3.63) is 66.7 Å².